The fourth-order valence-electron chi connectivity index (χ4n) is 2.99. The summed E-state index contributed by atoms with van der Waals surface area (Å²) < 4.78 is 1.69. The number of aromatic carboxylic acids is 1. The molecule has 4 rings (SSSR count). The van der Waals surface area contributed by atoms with E-state index in [0.29, 0.717) is 28.5 Å². The number of benzene rings is 1. The summed E-state index contributed by atoms with van der Waals surface area (Å²) in [5.41, 5.74) is 1.65. The van der Waals surface area contributed by atoms with Crippen LogP contribution in [0.3, 0.4) is 0 Å². The number of halogens is 1. The topological polar surface area (TPSA) is 75.4 Å². The molecule has 0 bridgehead atoms. The summed E-state index contributed by atoms with van der Waals surface area (Å²) in [6, 6.07) is 4.78. The molecule has 2 aliphatic rings. The van der Waals surface area contributed by atoms with Crippen LogP contribution in [0, 0.1) is 0 Å². The van der Waals surface area contributed by atoms with Crippen LogP contribution in [0.5, 0.6) is 0 Å². The Kier molecular flexibility index (Phi) is 2.41. The van der Waals surface area contributed by atoms with E-state index < -0.39 is 5.97 Å². The fraction of sp³-hybridized carbons (Fsp3) is 0.214. The molecule has 0 radical (unpaired) electrons. The van der Waals surface area contributed by atoms with Crippen LogP contribution in [0.1, 0.15) is 39.0 Å². The van der Waals surface area contributed by atoms with Gasteiger partial charge in [-0.15, -0.1) is 0 Å². The third kappa shape index (κ3) is 1.56. The van der Waals surface area contributed by atoms with Crippen LogP contribution in [-0.4, -0.2) is 38.0 Å². The normalized spacial score (nSPS) is 19.2. The molecule has 0 aliphatic carbocycles. The SMILES string of the molecule is O=C(O)c1ncn2c1[C@@H]1CCN1C(=O)c1cc(Cl)ccc1-2. The zero-order valence-corrected chi connectivity index (χ0v) is 11.5. The highest BCUT2D eigenvalue weighted by atomic mass is 35.5. The van der Waals surface area contributed by atoms with Crippen molar-refractivity contribution < 1.29 is 14.7 Å². The zero-order chi connectivity index (χ0) is 14.7. The molecule has 1 aromatic carbocycles. The van der Waals surface area contributed by atoms with Gasteiger partial charge in [0, 0.05) is 11.6 Å². The molecule has 0 unspecified atom stereocenters. The van der Waals surface area contributed by atoms with Gasteiger partial charge in [-0.1, -0.05) is 11.6 Å². The Balaban J connectivity index is 2.04. The lowest BCUT2D eigenvalue weighted by atomic mass is 9.97. The summed E-state index contributed by atoms with van der Waals surface area (Å²) in [6.45, 7) is 0.611. The van der Waals surface area contributed by atoms with Crippen molar-refractivity contribution in [3.63, 3.8) is 0 Å². The van der Waals surface area contributed by atoms with Gasteiger partial charge in [-0.2, -0.15) is 0 Å². The molecule has 7 heteroatoms. The predicted molar refractivity (Wildman–Crippen MR) is 73.9 cm³/mol. The predicted octanol–water partition coefficient (Wildman–Crippen LogP) is 2.12. The molecule has 1 amide bonds. The fourth-order valence-corrected chi connectivity index (χ4v) is 3.16. The van der Waals surface area contributed by atoms with Crippen molar-refractivity contribution in [2.75, 3.05) is 6.54 Å². The maximum Gasteiger partial charge on any atom is 0.356 e. The second-order valence-electron chi connectivity index (χ2n) is 5.12. The molecule has 21 heavy (non-hydrogen) atoms. The van der Waals surface area contributed by atoms with Gasteiger partial charge in [-0.05, 0) is 24.6 Å². The summed E-state index contributed by atoms with van der Waals surface area (Å²) in [7, 11) is 0. The van der Waals surface area contributed by atoms with Gasteiger partial charge < -0.3 is 10.0 Å². The van der Waals surface area contributed by atoms with Crippen molar-refractivity contribution in [2.45, 2.75) is 12.5 Å². The average molecular weight is 304 g/mol. The van der Waals surface area contributed by atoms with Crippen molar-refractivity contribution in [3.05, 3.63) is 46.5 Å². The second kappa shape index (κ2) is 4.08. The molecular weight excluding hydrogens is 294 g/mol. The number of hydrogen-bond acceptors (Lipinski definition) is 3. The van der Waals surface area contributed by atoms with Crippen LogP contribution in [0.2, 0.25) is 5.02 Å². The van der Waals surface area contributed by atoms with Gasteiger partial charge in [0.25, 0.3) is 5.91 Å². The Hall–Kier alpha value is -2.34. The van der Waals surface area contributed by atoms with Crippen LogP contribution in [0.4, 0.5) is 0 Å². The summed E-state index contributed by atoms with van der Waals surface area (Å²) >= 11 is 5.99. The molecule has 2 aliphatic heterocycles. The van der Waals surface area contributed by atoms with Crippen molar-refractivity contribution in [1.29, 1.82) is 0 Å². The van der Waals surface area contributed by atoms with E-state index >= 15 is 0 Å². The monoisotopic (exact) mass is 303 g/mol. The molecule has 0 saturated carbocycles. The van der Waals surface area contributed by atoms with E-state index in [9.17, 15) is 14.7 Å². The Bertz CT molecular complexity index is 799. The minimum Gasteiger partial charge on any atom is -0.476 e. The summed E-state index contributed by atoms with van der Waals surface area (Å²) in [5.74, 6) is -1.20. The second-order valence-corrected chi connectivity index (χ2v) is 5.55. The lowest BCUT2D eigenvalue weighted by Gasteiger charge is -2.39. The number of rotatable bonds is 1. The summed E-state index contributed by atoms with van der Waals surface area (Å²) in [4.78, 5) is 29.6. The third-order valence-electron chi connectivity index (χ3n) is 4.05. The van der Waals surface area contributed by atoms with Gasteiger partial charge in [-0.3, -0.25) is 9.36 Å². The summed E-state index contributed by atoms with van der Waals surface area (Å²) in [6.07, 6.45) is 2.19. The van der Waals surface area contributed by atoms with E-state index in [-0.39, 0.29) is 17.6 Å². The molecule has 1 fully saturated rings. The number of carboxylic acids is 1. The number of carbonyl (C=O) groups excluding carboxylic acids is 1. The minimum atomic E-state index is -1.08. The smallest absolute Gasteiger partial charge is 0.356 e. The molecule has 3 heterocycles. The maximum absolute atomic E-state index is 12.6. The van der Waals surface area contributed by atoms with Gasteiger partial charge in [-0.25, -0.2) is 9.78 Å². The van der Waals surface area contributed by atoms with Crippen LogP contribution in [-0.2, 0) is 0 Å². The number of amides is 1. The molecule has 1 aromatic heterocycles. The van der Waals surface area contributed by atoms with Gasteiger partial charge in [0.05, 0.1) is 23.0 Å². The highest BCUT2D eigenvalue weighted by Crippen LogP contribution is 2.41. The van der Waals surface area contributed by atoms with Crippen LogP contribution >= 0.6 is 11.6 Å². The average Bonchev–Trinajstić information content (AvgIpc) is 2.79. The van der Waals surface area contributed by atoms with E-state index in [4.69, 9.17) is 11.6 Å². The van der Waals surface area contributed by atoms with Crippen LogP contribution < -0.4 is 0 Å². The number of fused-ring (bicyclic) bond motifs is 5. The first-order valence-corrected chi connectivity index (χ1v) is 6.87. The number of carbonyl (C=O) groups is 2. The number of imidazole rings is 1. The third-order valence-corrected chi connectivity index (χ3v) is 4.29. The van der Waals surface area contributed by atoms with Gasteiger partial charge in [0.1, 0.15) is 6.33 Å². The standard InChI is InChI=1S/C14H10ClN3O3/c15-7-1-2-9-8(5-7)13(19)17-4-3-10(17)12-11(14(20)21)16-6-18(9)12/h1-2,5-6,10H,3-4H2,(H,20,21)/t10-/m0/s1. The highest BCUT2D eigenvalue weighted by Gasteiger charge is 2.42. The van der Waals surface area contributed by atoms with E-state index in [1.807, 2.05) is 0 Å². The molecule has 1 atom stereocenters. The largest absolute Gasteiger partial charge is 0.476 e. The maximum atomic E-state index is 12.6. The molecule has 2 aromatic rings. The Morgan fingerprint density at radius 3 is 2.90 bits per heavy atom. The molecule has 1 N–H and O–H groups in total. The van der Waals surface area contributed by atoms with Crippen LogP contribution in [0.15, 0.2) is 24.5 Å². The van der Waals surface area contributed by atoms with E-state index in [0.717, 1.165) is 6.42 Å². The quantitative estimate of drug-likeness (QED) is 0.875. The van der Waals surface area contributed by atoms with Crippen molar-refractivity contribution in [3.8, 4) is 5.69 Å². The molecule has 0 spiro atoms. The number of aromatic nitrogens is 2. The van der Waals surface area contributed by atoms with E-state index in [2.05, 4.69) is 4.98 Å². The Labute approximate surface area is 124 Å². The minimum absolute atomic E-state index is 0.000278. The van der Waals surface area contributed by atoms with Crippen molar-refractivity contribution >= 4 is 23.5 Å². The van der Waals surface area contributed by atoms with Gasteiger partial charge in [0.2, 0.25) is 0 Å². The lowest BCUT2D eigenvalue weighted by molar-refractivity contribution is 0.0449. The Morgan fingerprint density at radius 1 is 1.43 bits per heavy atom. The lowest BCUT2D eigenvalue weighted by Crippen LogP contribution is -2.45. The summed E-state index contributed by atoms with van der Waals surface area (Å²) in [5, 5.41) is 9.78. The van der Waals surface area contributed by atoms with E-state index in [1.165, 1.54) is 6.33 Å². The first-order valence-electron chi connectivity index (χ1n) is 6.49. The van der Waals surface area contributed by atoms with Crippen molar-refractivity contribution in [2.24, 2.45) is 0 Å². The van der Waals surface area contributed by atoms with E-state index in [1.54, 1.807) is 27.7 Å². The van der Waals surface area contributed by atoms with Crippen LogP contribution in [0.25, 0.3) is 5.69 Å². The molecule has 6 nitrogen and oxygen atoms in total. The molecular formula is C14H10ClN3O3. The first kappa shape index (κ1) is 12.4. The number of nitrogens with zero attached hydrogens (tertiary/aromatic N) is 3. The highest BCUT2D eigenvalue weighted by molar-refractivity contribution is 6.31. The number of hydrogen-bond donors (Lipinski definition) is 1. The zero-order valence-electron chi connectivity index (χ0n) is 10.8. The molecule has 106 valence electrons. The number of carboxylic acid groups (broad SMARTS) is 1. The first-order chi connectivity index (χ1) is 10.1. The molecule has 1 saturated heterocycles. The van der Waals surface area contributed by atoms with Crippen molar-refractivity contribution in [1.82, 2.24) is 14.5 Å². The Morgan fingerprint density at radius 2 is 2.24 bits per heavy atom. The van der Waals surface area contributed by atoms with Gasteiger partial charge in [0.15, 0.2) is 5.69 Å². The van der Waals surface area contributed by atoms with Gasteiger partial charge >= 0.3 is 5.97 Å².